The van der Waals surface area contributed by atoms with Gasteiger partial charge in [0.1, 0.15) is 4.88 Å². The fraction of sp³-hybridized carbons (Fsp3) is 0.375. The zero-order valence-electron chi connectivity index (χ0n) is 14.0. The van der Waals surface area contributed by atoms with Gasteiger partial charge in [-0.25, -0.2) is 13.4 Å². The lowest BCUT2D eigenvalue weighted by molar-refractivity contribution is 0.0956. The molecular formula is C16H20ClN3O3S2. The molecule has 2 N–H and O–H groups in total. The average Bonchev–Trinajstić information content (AvgIpc) is 2.91. The molecule has 6 nitrogen and oxygen atoms in total. The van der Waals surface area contributed by atoms with Gasteiger partial charge in [-0.15, -0.1) is 0 Å². The highest BCUT2D eigenvalue weighted by atomic mass is 35.5. The predicted molar refractivity (Wildman–Crippen MR) is 101 cm³/mol. The molecule has 1 amide bonds. The minimum absolute atomic E-state index is 0.0790. The second kappa shape index (κ2) is 8.64. The number of benzene rings is 1. The number of hydrogen-bond donors (Lipinski definition) is 2. The molecule has 0 aliphatic heterocycles. The van der Waals surface area contributed by atoms with E-state index in [1.165, 1.54) is 24.3 Å². The molecule has 0 saturated carbocycles. The lowest BCUT2D eigenvalue weighted by Crippen LogP contribution is -2.24. The number of anilines is 1. The SMILES string of the molecule is CCCCCNC(=O)c1sc(NS(=O)(=O)c2ccc(Cl)cc2)nc1C. The highest BCUT2D eigenvalue weighted by Gasteiger charge is 2.20. The Balaban J connectivity index is 2.08. The number of hydrogen-bond acceptors (Lipinski definition) is 5. The third-order valence-corrected chi connectivity index (χ3v) is 6.22. The summed E-state index contributed by atoms with van der Waals surface area (Å²) in [5, 5.41) is 3.44. The van der Waals surface area contributed by atoms with Gasteiger partial charge in [-0.3, -0.25) is 9.52 Å². The maximum absolute atomic E-state index is 12.4. The minimum atomic E-state index is -3.78. The van der Waals surface area contributed by atoms with E-state index in [2.05, 4.69) is 21.9 Å². The van der Waals surface area contributed by atoms with Crippen molar-refractivity contribution in [2.24, 2.45) is 0 Å². The topological polar surface area (TPSA) is 88.2 Å². The van der Waals surface area contributed by atoms with Gasteiger partial charge >= 0.3 is 0 Å². The number of unbranched alkanes of at least 4 members (excludes halogenated alkanes) is 2. The maximum atomic E-state index is 12.4. The molecule has 0 bridgehead atoms. The number of nitrogens with one attached hydrogen (secondary N) is 2. The number of sulfonamides is 1. The summed E-state index contributed by atoms with van der Waals surface area (Å²) in [4.78, 5) is 16.8. The Morgan fingerprint density at radius 2 is 1.92 bits per heavy atom. The highest BCUT2D eigenvalue weighted by molar-refractivity contribution is 7.93. The van der Waals surface area contributed by atoms with Gasteiger partial charge < -0.3 is 5.32 Å². The normalized spacial score (nSPS) is 11.3. The molecule has 136 valence electrons. The standard InChI is InChI=1S/C16H20ClN3O3S2/c1-3-4-5-10-18-15(21)14-11(2)19-16(24-14)20-25(22,23)13-8-6-12(17)7-9-13/h6-9H,3-5,10H2,1-2H3,(H,18,21)(H,19,20). The van der Waals surface area contributed by atoms with Crippen LogP contribution in [0.3, 0.4) is 0 Å². The number of amides is 1. The van der Waals surface area contributed by atoms with Gasteiger partial charge in [-0.1, -0.05) is 42.7 Å². The van der Waals surface area contributed by atoms with Crippen LogP contribution < -0.4 is 10.0 Å². The molecule has 1 aromatic carbocycles. The van der Waals surface area contributed by atoms with E-state index in [4.69, 9.17) is 11.6 Å². The molecule has 0 saturated heterocycles. The van der Waals surface area contributed by atoms with Crippen molar-refractivity contribution in [2.45, 2.75) is 38.0 Å². The molecule has 0 aliphatic rings. The van der Waals surface area contributed by atoms with Crippen LogP contribution in [0, 0.1) is 6.92 Å². The molecule has 0 fully saturated rings. The van der Waals surface area contributed by atoms with Crippen LogP contribution in [0.25, 0.3) is 0 Å². The van der Waals surface area contributed by atoms with E-state index < -0.39 is 10.0 Å². The second-order valence-corrected chi connectivity index (χ2v) is 8.57. The first-order chi connectivity index (χ1) is 11.8. The molecule has 1 heterocycles. The maximum Gasteiger partial charge on any atom is 0.263 e. The van der Waals surface area contributed by atoms with Crippen LogP contribution in [0.15, 0.2) is 29.2 Å². The molecule has 0 unspecified atom stereocenters. The van der Waals surface area contributed by atoms with Crippen LogP contribution in [-0.4, -0.2) is 25.9 Å². The minimum Gasteiger partial charge on any atom is -0.351 e. The Kier molecular flexibility index (Phi) is 6.80. The van der Waals surface area contributed by atoms with Crippen LogP contribution >= 0.6 is 22.9 Å². The summed E-state index contributed by atoms with van der Waals surface area (Å²) in [7, 11) is -3.78. The number of thiazole rings is 1. The molecule has 2 aromatic rings. The molecule has 0 aliphatic carbocycles. The zero-order chi connectivity index (χ0) is 18.4. The summed E-state index contributed by atoms with van der Waals surface area (Å²) < 4.78 is 27.1. The Labute approximate surface area is 156 Å². The monoisotopic (exact) mass is 401 g/mol. The molecule has 0 atom stereocenters. The van der Waals surface area contributed by atoms with Crippen LogP contribution in [0.2, 0.25) is 5.02 Å². The van der Waals surface area contributed by atoms with E-state index in [0.717, 1.165) is 30.6 Å². The van der Waals surface area contributed by atoms with Gasteiger partial charge in [0.25, 0.3) is 15.9 Å². The van der Waals surface area contributed by atoms with Crippen molar-refractivity contribution in [2.75, 3.05) is 11.3 Å². The number of aromatic nitrogens is 1. The van der Waals surface area contributed by atoms with Crippen molar-refractivity contribution in [3.8, 4) is 0 Å². The molecule has 9 heteroatoms. The van der Waals surface area contributed by atoms with Gasteiger partial charge in [-0.05, 0) is 37.6 Å². The van der Waals surface area contributed by atoms with Gasteiger partial charge in [0.05, 0.1) is 10.6 Å². The van der Waals surface area contributed by atoms with Crippen molar-refractivity contribution in [3.63, 3.8) is 0 Å². The largest absolute Gasteiger partial charge is 0.351 e. The van der Waals surface area contributed by atoms with Crippen molar-refractivity contribution < 1.29 is 13.2 Å². The number of halogens is 1. The summed E-state index contributed by atoms with van der Waals surface area (Å²) in [6, 6.07) is 5.82. The Hall–Kier alpha value is -1.64. The second-order valence-electron chi connectivity index (χ2n) is 5.46. The smallest absolute Gasteiger partial charge is 0.263 e. The number of aryl methyl sites for hydroxylation is 1. The summed E-state index contributed by atoms with van der Waals surface area (Å²) in [5.74, 6) is -0.233. The van der Waals surface area contributed by atoms with Gasteiger partial charge in [0.15, 0.2) is 5.13 Å². The van der Waals surface area contributed by atoms with Crippen LogP contribution in [-0.2, 0) is 10.0 Å². The van der Waals surface area contributed by atoms with Gasteiger partial charge in [0.2, 0.25) is 0 Å². The summed E-state index contributed by atoms with van der Waals surface area (Å²) in [6.07, 6.45) is 3.04. The molecule has 0 radical (unpaired) electrons. The first-order valence-corrected chi connectivity index (χ1v) is 10.5. The van der Waals surface area contributed by atoms with Gasteiger partial charge in [-0.2, -0.15) is 0 Å². The lowest BCUT2D eigenvalue weighted by atomic mass is 10.2. The highest BCUT2D eigenvalue weighted by Crippen LogP contribution is 2.25. The molecule has 2 rings (SSSR count). The summed E-state index contributed by atoms with van der Waals surface area (Å²) in [6.45, 7) is 4.36. The first-order valence-electron chi connectivity index (χ1n) is 7.87. The number of nitrogens with zero attached hydrogens (tertiary/aromatic N) is 1. The van der Waals surface area contributed by atoms with E-state index in [-0.39, 0.29) is 15.9 Å². The Morgan fingerprint density at radius 1 is 1.24 bits per heavy atom. The van der Waals surface area contributed by atoms with E-state index in [1.807, 2.05) is 0 Å². The van der Waals surface area contributed by atoms with Crippen LogP contribution in [0.4, 0.5) is 5.13 Å². The number of rotatable bonds is 8. The van der Waals surface area contributed by atoms with Crippen molar-refractivity contribution in [1.29, 1.82) is 0 Å². The third kappa shape index (κ3) is 5.42. The zero-order valence-corrected chi connectivity index (χ0v) is 16.4. The van der Waals surface area contributed by atoms with E-state index in [1.54, 1.807) is 6.92 Å². The predicted octanol–water partition coefficient (Wildman–Crippen LogP) is 3.83. The first kappa shape index (κ1) is 19.7. The van der Waals surface area contributed by atoms with Crippen molar-refractivity contribution >= 4 is 44.0 Å². The Morgan fingerprint density at radius 3 is 2.56 bits per heavy atom. The van der Waals surface area contributed by atoms with Crippen LogP contribution in [0.1, 0.15) is 41.6 Å². The van der Waals surface area contributed by atoms with Crippen LogP contribution in [0.5, 0.6) is 0 Å². The third-order valence-electron chi connectivity index (χ3n) is 3.41. The molecule has 0 spiro atoms. The van der Waals surface area contributed by atoms with E-state index in [0.29, 0.717) is 22.1 Å². The summed E-state index contributed by atoms with van der Waals surface area (Å²) in [5.41, 5.74) is 0.492. The van der Waals surface area contributed by atoms with E-state index in [9.17, 15) is 13.2 Å². The molecular weight excluding hydrogens is 382 g/mol. The molecule has 25 heavy (non-hydrogen) atoms. The van der Waals surface area contributed by atoms with Gasteiger partial charge in [0, 0.05) is 11.6 Å². The van der Waals surface area contributed by atoms with Crippen molar-refractivity contribution in [1.82, 2.24) is 10.3 Å². The van der Waals surface area contributed by atoms with E-state index >= 15 is 0 Å². The fourth-order valence-corrected chi connectivity index (χ4v) is 4.34. The molecule has 1 aromatic heterocycles. The lowest BCUT2D eigenvalue weighted by Gasteiger charge is -2.05. The quantitative estimate of drug-likeness (QED) is 0.658. The Bertz CT molecular complexity index is 833. The number of carbonyl (C=O) groups excluding carboxylic acids is 1. The average molecular weight is 402 g/mol. The fourth-order valence-electron chi connectivity index (χ4n) is 2.10. The number of carbonyl (C=O) groups is 1. The van der Waals surface area contributed by atoms with Crippen molar-refractivity contribution in [3.05, 3.63) is 39.9 Å². The summed E-state index contributed by atoms with van der Waals surface area (Å²) >= 11 is 6.79.